The lowest BCUT2D eigenvalue weighted by molar-refractivity contribution is -0.121. The van der Waals surface area contributed by atoms with Crippen molar-refractivity contribution in [3.05, 3.63) is 70.8 Å². The predicted molar refractivity (Wildman–Crippen MR) is 101 cm³/mol. The molecule has 0 saturated carbocycles. The molecule has 0 radical (unpaired) electrons. The zero-order chi connectivity index (χ0) is 18.9. The Labute approximate surface area is 153 Å². The highest BCUT2D eigenvalue weighted by molar-refractivity contribution is 5.98. The molecule has 0 bridgehead atoms. The molecule has 2 aromatic carbocycles. The average molecular weight is 352 g/mol. The monoisotopic (exact) mass is 352 g/mol. The Morgan fingerprint density at radius 2 is 1.46 bits per heavy atom. The van der Waals surface area contributed by atoms with Crippen LogP contribution in [0.1, 0.15) is 44.7 Å². The number of Topliss-reactive ketones (excluding diaryl/α,β-unsaturated/α-hetero) is 1. The minimum Gasteiger partial charge on any atom is -0.354 e. The molecule has 2 amide bonds. The van der Waals surface area contributed by atoms with Gasteiger partial charge in [0.2, 0.25) is 5.91 Å². The molecule has 2 rings (SSSR count). The summed E-state index contributed by atoms with van der Waals surface area (Å²) in [6, 6.07) is 14.6. The van der Waals surface area contributed by atoms with E-state index in [1.54, 1.807) is 18.2 Å². The topological polar surface area (TPSA) is 75.3 Å². The fourth-order valence-electron chi connectivity index (χ4n) is 2.47. The van der Waals surface area contributed by atoms with E-state index in [0.29, 0.717) is 24.2 Å². The van der Waals surface area contributed by atoms with E-state index in [4.69, 9.17) is 0 Å². The first-order valence-corrected chi connectivity index (χ1v) is 8.67. The van der Waals surface area contributed by atoms with Gasteiger partial charge in [0.25, 0.3) is 5.91 Å². The normalized spacial score (nSPS) is 10.2. The molecule has 0 fully saturated rings. The van der Waals surface area contributed by atoms with Gasteiger partial charge < -0.3 is 10.6 Å². The molecule has 136 valence electrons. The van der Waals surface area contributed by atoms with Gasteiger partial charge in [-0.25, -0.2) is 0 Å². The lowest BCUT2D eigenvalue weighted by atomic mass is 10.1. The minimum absolute atomic E-state index is 0.0482. The number of nitrogens with one attached hydrogen (secondary N) is 2. The standard InChI is InChI=1S/C21H24N2O3/c1-15-6-8-17(9-7-15)19(24)10-11-20(25)22-12-13-23-21(26)18-5-3-4-16(2)14-18/h3-9,14H,10-13H2,1-2H3,(H,22,25)(H,23,26). The van der Waals surface area contributed by atoms with E-state index >= 15 is 0 Å². The van der Waals surface area contributed by atoms with Crippen LogP contribution >= 0.6 is 0 Å². The average Bonchev–Trinajstić information content (AvgIpc) is 2.63. The number of hydrogen-bond donors (Lipinski definition) is 2. The van der Waals surface area contributed by atoms with E-state index in [9.17, 15) is 14.4 Å². The number of carbonyl (C=O) groups is 3. The zero-order valence-corrected chi connectivity index (χ0v) is 15.2. The highest BCUT2D eigenvalue weighted by Gasteiger charge is 2.09. The van der Waals surface area contributed by atoms with Crippen LogP contribution in [-0.4, -0.2) is 30.7 Å². The molecule has 0 aromatic heterocycles. The molecule has 0 aliphatic carbocycles. The second kappa shape index (κ2) is 9.51. The first-order chi connectivity index (χ1) is 12.5. The van der Waals surface area contributed by atoms with Crippen molar-refractivity contribution >= 4 is 17.6 Å². The van der Waals surface area contributed by atoms with E-state index < -0.39 is 0 Å². The zero-order valence-electron chi connectivity index (χ0n) is 15.2. The van der Waals surface area contributed by atoms with Crippen LogP contribution in [0, 0.1) is 13.8 Å². The smallest absolute Gasteiger partial charge is 0.251 e. The van der Waals surface area contributed by atoms with Crippen molar-refractivity contribution in [2.45, 2.75) is 26.7 Å². The maximum absolute atomic E-state index is 12.0. The third-order valence-electron chi connectivity index (χ3n) is 3.97. The molecular formula is C21H24N2O3. The lowest BCUT2D eigenvalue weighted by Gasteiger charge is -2.08. The Balaban J connectivity index is 1.65. The molecule has 2 N–H and O–H groups in total. The number of carbonyl (C=O) groups excluding carboxylic acids is 3. The third kappa shape index (κ3) is 6.16. The molecule has 0 spiro atoms. The van der Waals surface area contributed by atoms with E-state index in [0.717, 1.165) is 11.1 Å². The summed E-state index contributed by atoms with van der Waals surface area (Å²) in [5.74, 6) is -0.416. The minimum atomic E-state index is -0.199. The number of benzene rings is 2. The summed E-state index contributed by atoms with van der Waals surface area (Å²) in [6.07, 6.45) is 0.309. The summed E-state index contributed by atoms with van der Waals surface area (Å²) in [7, 11) is 0. The number of hydrogen-bond acceptors (Lipinski definition) is 3. The van der Waals surface area contributed by atoms with Gasteiger partial charge in [0.05, 0.1) is 0 Å². The molecular weight excluding hydrogens is 328 g/mol. The summed E-state index contributed by atoms with van der Waals surface area (Å²) < 4.78 is 0. The van der Waals surface area contributed by atoms with Crippen molar-refractivity contribution in [3.63, 3.8) is 0 Å². The lowest BCUT2D eigenvalue weighted by Crippen LogP contribution is -2.34. The summed E-state index contributed by atoms with van der Waals surface area (Å²) in [6.45, 7) is 4.55. The summed E-state index contributed by atoms with van der Waals surface area (Å²) >= 11 is 0. The second-order valence-electron chi connectivity index (χ2n) is 6.26. The van der Waals surface area contributed by atoms with Crippen molar-refractivity contribution in [1.82, 2.24) is 10.6 Å². The van der Waals surface area contributed by atoms with Crippen molar-refractivity contribution < 1.29 is 14.4 Å². The molecule has 26 heavy (non-hydrogen) atoms. The molecule has 5 nitrogen and oxygen atoms in total. The SMILES string of the molecule is Cc1ccc(C(=O)CCC(=O)NCCNC(=O)c2cccc(C)c2)cc1. The van der Waals surface area contributed by atoms with Gasteiger partial charge in [-0.05, 0) is 26.0 Å². The quantitative estimate of drug-likeness (QED) is 0.567. The molecule has 5 heteroatoms. The summed E-state index contributed by atoms with van der Waals surface area (Å²) in [5, 5.41) is 5.47. The van der Waals surface area contributed by atoms with Crippen LogP contribution in [0.4, 0.5) is 0 Å². The molecule has 0 saturated heterocycles. The van der Waals surface area contributed by atoms with E-state index in [1.807, 2.05) is 44.2 Å². The third-order valence-corrected chi connectivity index (χ3v) is 3.97. The van der Waals surface area contributed by atoms with Crippen LogP contribution in [-0.2, 0) is 4.79 Å². The van der Waals surface area contributed by atoms with Crippen molar-refractivity contribution in [2.75, 3.05) is 13.1 Å². The highest BCUT2D eigenvalue weighted by atomic mass is 16.2. The molecule has 0 unspecified atom stereocenters. The van der Waals surface area contributed by atoms with Crippen LogP contribution in [0.2, 0.25) is 0 Å². The molecule has 0 aliphatic heterocycles. The van der Waals surface area contributed by atoms with Gasteiger partial charge in [-0.15, -0.1) is 0 Å². The van der Waals surface area contributed by atoms with Gasteiger partial charge in [-0.3, -0.25) is 14.4 Å². The van der Waals surface area contributed by atoms with E-state index in [2.05, 4.69) is 10.6 Å². The highest BCUT2D eigenvalue weighted by Crippen LogP contribution is 2.07. The van der Waals surface area contributed by atoms with Gasteiger partial charge in [0, 0.05) is 37.1 Å². The van der Waals surface area contributed by atoms with E-state index in [1.165, 1.54) is 0 Å². The maximum atomic E-state index is 12.0. The molecule has 0 aliphatic rings. The van der Waals surface area contributed by atoms with Crippen LogP contribution in [0.15, 0.2) is 48.5 Å². The Hall–Kier alpha value is -2.95. The number of amides is 2. The predicted octanol–water partition coefficient (Wildman–Crippen LogP) is 2.81. The Kier molecular flexibility index (Phi) is 7.09. The first kappa shape index (κ1) is 19.4. The number of rotatable bonds is 8. The van der Waals surface area contributed by atoms with Gasteiger partial charge >= 0.3 is 0 Å². The Morgan fingerprint density at radius 1 is 0.769 bits per heavy atom. The van der Waals surface area contributed by atoms with Gasteiger partial charge in [-0.2, -0.15) is 0 Å². The summed E-state index contributed by atoms with van der Waals surface area (Å²) in [4.78, 5) is 35.8. The first-order valence-electron chi connectivity index (χ1n) is 8.67. The van der Waals surface area contributed by atoms with Crippen molar-refractivity contribution in [2.24, 2.45) is 0 Å². The van der Waals surface area contributed by atoms with Crippen LogP contribution in [0.5, 0.6) is 0 Å². The van der Waals surface area contributed by atoms with Crippen LogP contribution in [0.3, 0.4) is 0 Å². The Bertz CT molecular complexity index is 782. The van der Waals surface area contributed by atoms with Gasteiger partial charge in [-0.1, -0.05) is 47.5 Å². The number of ketones is 1. The van der Waals surface area contributed by atoms with Gasteiger partial charge in [0.1, 0.15) is 0 Å². The summed E-state index contributed by atoms with van der Waals surface area (Å²) in [5.41, 5.74) is 3.32. The fourth-order valence-corrected chi connectivity index (χ4v) is 2.47. The van der Waals surface area contributed by atoms with Gasteiger partial charge in [0.15, 0.2) is 5.78 Å². The van der Waals surface area contributed by atoms with E-state index in [-0.39, 0.29) is 30.4 Å². The van der Waals surface area contributed by atoms with Crippen LogP contribution < -0.4 is 10.6 Å². The van der Waals surface area contributed by atoms with Crippen molar-refractivity contribution in [3.8, 4) is 0 Å². The molecule has 0 heterocycles. The Morgan fingerprint density at radius 3 is 2.15 bits per heavy atom. The second-order valence-corrected chi connectivity index (χ2v) is 6.26. The fraction of sp³-hybridized carbons (Fsp3) is 0.286. The largest absolute Gasteiger partial charge is 0.354 e. The number of aryl methyl sites for hydroxylation is 2. The molecule has 0 atom stereocenters. The van der Waals surface area contributed by atoms with Crippen molar-refractivity contribution in [1.29, 1.82) is 0 Å². The molecule has 2 aromatic rings. The maximum Gasteiger partial charge on any atom is 0.251 e. The van der Waals surface area contributed by atoms with Crippen LogP contribution in [0.25, 0.3) is 0 Å².